The minimum Gasteiger partial charge on any atom is -0.459 e. The highest BCUT2D eigenvalue weighted by molar-refractivity contribution is 5.95. The van der Waals surface area contributed by atoms with Crippen molar-refractivity contribution in [2.75, 3.05) is 26.2 Å². The molecule has 1 aliphatic heterocycles. The van der Waals surface area contributed by atoms with E-state index in [4.69, 9.17) is 4.42 Å². The predicted molar refractivity (Wildman–Crippen MR) is 76.9 cm³/mol. The molecule has 1 saturated heterocycles. The molecule has 2 heterocycles. The minimum absolute atomic E-state index is 0.237. The van der Waals surface area contributed by atoms with Crippen molar-refractivity contribution in [2.24, 2.45) is 0 Å². The molecule has 0 bridgehead atoms. The van der Waals surface area contributed by atoms with Gasteiger partial charge in [-0.1, -0.05) is 0 Å². The monoisotopic (exact) mass is 320 g/mol. The maximum Gasteiger partial charge on any atom is 0.289 e. The first kappa shape index (κ1) is 15.2. The smallest absolute Gasteiger partial charge is 0.289 e. The highest BCUT2D eigenvalue weighted by Crippen LogP contribution is 2.15. The topological polar surface area (TPSA) is 53.8 Å². The molecule has 3 rings (SSSR count). The molecule has 1 aromatic carbocycles. The van der Waals surface area contributed by atoms with Crippen LogP contribution >= 0.6 is 0 Å². The van der Waals surface area contributed by atoms with Gasteiger partial charge in [-0.3, -0.25) is 9.59 Å². The fourth-order valence-electron chi connectivity index (χ4n) is 2.50. The number of furan rings is 1. The van der Waals surface area contributed by atoms with Gasteiger partial charge >= 0.3 is 0 Å². The number of benzene rings is 1. The molecule has 2 aromatic rings. The lowest BCUT2D eigenvalue weighted by molar-refractivity contribution is 0.0515. The molecule has 0 unspecified atom stereocenters. The third-order valence-electron chi connectivity index (χ3n) is 3.74. The van der Waals surface area contributed by atoms with Gasteiger partial charge < -0.3 is 14.2 Å². The summed E-state index contributed by atoms with van der Waals surface area (Å²) in [4.78, 5) is 27.4. The van der Waals surface area contributed by atoms with E-state index in [0.29, 0.717) is 13.1 Å². The van der Waals surface area contributed by atoms with Gasteiger partial charge in [0.05, 0.1) is 11.8 Å². The second-order valence-corrected chi connectivity index (χ2v) is 5.19. The normalized spacial score (nSPS) is 14.9. The van der Waals surface area contributed by atoms with Crippen molar-refractivity contribution in [3.8, 4) is 0 Å². The summed E-state index contributed by atoms with van der Waals surface area (Å²) in [7, 11) is 0. The van der Waals surface area contributed by atoms with E-state index in [1.165, 1.54) is 11.2 Å². The molecule has 0 spiro atoms. The Kier molecular flexibility index (Phi) is 4.10. The van der Waals surface area contributed by atoms with Crippen LogP contribution in [0.2, 0.25) is 0 Å². The second kappa shape index (κ2) is 6.20. The van der Waals surface area contributed by atoms with E-state index in [0.717, 1.165) is 18.2 Å². The van der Waals surface area contributed by atoms with Crippen LogP contribution in [0.4, 0.5) is 8.78 Å². The van der Waals surface area contributed by atoms with Crippen molar-refractivity contribution in [3.05, 3.63) is 59.6 Å². The second-order valence-electron chi connectivity index (χ2n) is 5.19. The van der Waals surface area contributed by atoms with Gasteiger partial charge in [-0.25, -0.2) is 8.78 Å². The summed E-state index contributed by atoms with van der Waals surface area (Å²) in [5, 5.41) is 0. The molecule has 120 valence electrons. The third-order valence-corrected chi connectivity index (χ3v) is 3.74. The Balaban J connectivity index is 1.66. The maximum absolute atomic E-state index is 13.7. The van der Waals surface area contributed by atoms with E-state index >= 15 is 0 Å². The fourth-order valence-corrected chi connectivity index (χ4v) is 2.50. The lowest BCUT2D eigenvalue weighted by Crippen LogP contribution is -2.50. The van der Waals surface area contributed by atoms with E-state index in [1.807, 2.05) is 0 Å². The first-order chi connectivity index (χ1) is 11.1. The Hall–Kier alpha value is -2.70. The van der Waals surface area contributed by atoms with Crippen LogP contribution in [-0.4, -0.2) is 47.8 Å². The molecule has 0 N–H and O–H groups in total. The van der Waals surface area contributed by atoms with Crippen molar-refractivity contribution in [2.45, 2.75) is 0 Å². The quantitative estimate of drug-likeness (QED) is 0.852. The Morgan fingerprint density at radius 1 is 0.957 bits per heavy atom. The van der Waals surface area contributed by atoms with E-state index in [-0.39, 0.29) is 30.3 Å². The molecule has 7 heteroatoms. The number of carbonyl (C=O) groups is 2. The van der Waals surface area contributed by atoms with Crippen molar-refractivity contribution < 1.29 is 22.8 Å². The summed E-state index contributed by atoms with van der Waals surface area (Å²) in [6.45, 7) is 1.12. The number of carbonyl (C=O) groups excluding carboxylic acids is 2. The molecule has 1 fully saturated rings. The molecular formula is C16H14F2N2O3. The van der Waals surface area contributed by atoms with Crippen LogP contribution in [0, 0.1) is 11.6 Å². The summed E-state index contributed by atoms with van der Waals surface area (Å²) in [6.07, 6.45) is 1.42. The average Bonchev–Trinajstić information content (AvgIpc) is 3.10. The number of hydrogen-bond donors (Lipinski definition) is 0. The lowest BCUT2D eigenvalue weighted by Gasteiger charge is -2.34. The molecule has 0 saturated carbocycles. The lowest BCUT2D eigenvalue weighted by atomic mass is 10.1. The molecule has 0 radical (unpaired) electrons. The Bertz CT molecular complexity index is 723. The zero-order chi connectivity index (χ0) is 16.4. The molecule has 2 amide bonds. The highest BCUT2D eigenvalue weighted by atomic mass is 19.1. The van der Waals surface area contributed by atoms with Crippen LogP contribution in [0.1, 0.15) is 20.9 Å². The summed E-state index contributed by atoms with van der Waals surface area (Å²) in [6, 6.07) is 5.98. The van der Waals surface area contributed by atoms with Crippen molar-refractivity contribution >= 4 is 11.8 Å². The van der Waals surface area contributed by atoms with Crippen molar-refractivity contribution in [3.63, 3.8) is 0 Å². The Morgan fingerprint density at radius 3 is 2.22 bits per heavy atom. The Labute approximate surface area is 131 Å². The van der Waals surface area contributed by atoms with Gasteiger partial charge in [-0.2, -0.15) is 0 Å². The van der Waals surface area contributed by atoms with Crippen LogP contribution in [0.5, 0.6) is 0 Å². The first-order valence-corrected chi connectivity index (χ1v) is 7.13. The van der Waals surface area contributed by atoms with E-state index in [1.54, 1.807) is 17.0 Å². The number of rotatable bonds is 2. The van der Waals surface area contributed by atoms with Crippen LogP contribution in [-0.2, 0) is 0 Å². The van der Waals surface area contributed by atoms with E-state index < -0.39 is 17.5 Å². The summed E-state index contributed by atoms with van der Waals surface area (Å²) >= 11 is 0. The number of halogens is 2. The van der Waals surface area contributed by atoms with Crippen molar-refractivity contribution in [1.82, 2.24) is 9.80 Å². The highest BCUT2D eigenvalue weighted by Gasteiger charge is 2.27. The predicted octanol–water partition coefficient (Wildman–Crippen LogP) is 2.16. The van der Waals surface area contributed by atoms with E-state index in [9.17, 15) is 18.4 Å². The van der Waals surface area contributed by atoms with Gasteiger partial charge in [0.2, 0.25) is 0 Å². The zero-order valence-electron chi connectivity index (χ0n) is 12.2. The molecule has 1 aliphatic rings. The van der Waals surface area contributed by atoms with Crippen LogP contribution in [0.3, 0.4) is 0 Å². The fraction of sp³-hybridized carbons (Fsp3) is 0.250. The van der Waals surface area contributed by atoms with Gasteiger partial charge in [0.1, 0.15) is 11.6 Å². The average molecular weight is 320 g/mol. The summed E-state index contributed by atoms with van der Waals surface area (Å²) in [5.41, 5.74) is -0.296. The molecule has 0 atom stereocenters. The van der Waals surface area contributed by atoms with E-state index in [2.05, 4.69) is 0 Å². The largest absolute Gasteiger partial charge is 0.459 e. The standard InChI is InChI=1S/C16H14F2N2O3/c17-11-3-4-13(18)12(10-11)15(21)19-5-7-20(8-6-19)16(22)14-2-1-9-23-14/h1-4,9-10H,5-8H2. The van der Waals surface area contributed by atoms with Gasteiger partial charge in [-0.05, 0) is 30.3 Å². The first-order valence-electron chi connectivity index (χ1n) is 7.13. The molecule has 23 heavy (non-hydrogen) atoms. The maximum atomic E-state index is 13.7. The van der Waals surface area contributed by atoms with Gasteiger partial charge in [0.15, 0.2) is 5.76 Å². The van der Waals surface area contributed by atoms with Gasteiger partial charge in [0.25, 0.3) is 11.8 Å². The van der Waals surface area contributed by atoms with Crippen molar-refractivity contribution in [1.29, 1.82) is 0 Å². The summed E-state index contributed by atoms with van der Waals surface area (Å²) in [5.74, 6) is -2.01. The molecular weight excluding hydrogens is 306 g/mol. The van der Waals surface area contributed by atoms with Crippen LogP contribution < -0.4 is 0 Å². The molecule has 1 aromatic heterocycles. The number of hydrogen-bond acceptors (Lipinski definition) is 3. The van der Waals surface area contributed by atoms with Crippen LogP contribution in [0.25, 0.3) is 0 Å². The molecule has 5 nitrogen and oxygen atoms in total. The number of amides is 2. The summed E-state index contributed by atoms with van der Waals surface area (Å²) < 4.78 is 31.9. The number of nitrogens with zero attached hydrogens (tertiary/aromatic N) is 2. The zero-order valence-corrected chi connectivity index (χ0v) is 12.2. The van der Waals surface area contributed by atoms with Gasteiger partial charge in [0, 0.05) is 26.2 Å². The SMILES string of the molecule is O=C(c1ccco1)N1CCN(C(=O)c2cc(F)ccc2F)CC1. The van der Waals surface area contributed by atoms with Gasteiger partial charge in [-0.15, -0.1) is 0 Å². The van der Waals surface area contributed by atoms with Crippen LogP contribution in [0.15, 0.2) is 41.0 Å². The minimum atomic E-state index is -0.759. The number of piperazine rings is 1. The molecule has 0 aliphatic carbocycles. The third kappa shape index (κ3) is 3.08. The Morgan fingerprint density at radius 2 is 1.61 bits per heavy atom.